The molecule has 1 aromatic heterocycles. The van der Waals surface area contributed by atoms with Crippen LogP contribution in [0.4, 0.5) is 0 Å². The first kappa shape index (κ1) is 13.5. The van der Waals surface area contributed by atoms with Crippen molar-refractivity contribution in [3.05, 3.63) is 64.1 Å². The molecule has 0 bridgehead atoms. The zero-order chi connectivity index (χ0) is 14.8. The average molecular weight is 284 g/mol. The van der Waals surface area contributed by atoms with Gasteiger partial charge in [0, 0.05) is 0 Å². The number of aromatic amines is 1. The van der Waals surface area contributed by atoms with Crippen molar-refractivity contribution < 1.29 is 9.15 Å². The van der Waals surface area contributed by atoms with Crippen molar-refractivity contribution in [2.75, 3.05) is 14.2 Å². The van der Waals surface area contributed by atoms with Gasteiger partial charge in [-0.15, -0.1) is 0 Å². The minimum absolute atomic E-state index is 0.0144. The molecule has 0 saturated carbocycles. The van der Waals surface area contributed by atoms with E-state index in [1.54, 1.807) is 7.11 Å². The Kier molecular flexibility index (Phi) is 3.50. The normalized spacial score (nSPS) is 12.5. The molecule has 0 amide bonds. The summed E-state index contributed by atoms with van der Waals surface area (Å²) in [6.45, 7) is 0. The Balaban J connectivity index is 2.01. The van der Waals surface area contributed by atoms with Crippen LogP contribution >= 0.6 is 0 Å². The van der Waals surface area contributed by atoms with E-state index in [0.29, 0.717) is 11.1 Å². The number of hydrogen-bond donors (Lipinski definition) is 2. The predicted octanol–water partition coefficient (Wildman–Crippen LogP) is 2.44. The fourth-order valence-electron chi connectivity index (χ4n) is 2.46. The van der Waals surface area contributed by atoms with Crippen molar-refractivity contribution in [1.29, 1.82) is 0 Å². The van der Waals surface area contributed by atoms with Gasteiger partial charge in [0.25, 0.3) is 0 Å². The standard InChI is InChI=1S/C16H16N2O3/c1-17-15(10-3-6-12(20-2)7-4-10)11-5-8-13-14(9-11)21-16(19)18-13/h3-9,15,17H,1-2H3,(H,18,19). The maximum Gasteiger partial charge on any atom is 0.417 e. The van der Waals surface area contributed by atoms with Crippen LogP contribution in [-0.4, -0.2) is 19.1 Å². The van der Waals surface area contributed by atoms with Gasteiger partial charge in [-0.2, -0.15) is 0 Å². The molecule has 3 rings (SSSR count). The van der Waals surface area contributed by atoms with E-state index in [4.69, 9.17) is 9.15 Å². The van der Waals surface area contributed by atoms with E-state index in [-0.39, 0.29) is 6.04 Å². The van der Waals surface area contributed by atoms with Crippen LogP contribution in [-0.2, 0) is 0 Å². The van der Waals surface area contributed by atoms with Crippen LogP contribution in [0.3, 0.4) is 0 Å². The molecule has 2 aromatic carbocycles. The fraction of sp³-hybridized carbons (Fsp3) is 0.188. The van der Waals surface area contributed by atoms with Crippen LogP contribution in [0, 0.1) is 0 Å². The van der Waals surface area contributed by atoms with E-state index >= 15 is 0 Å². The van der Waals surface area contributed by atoms with Crippen molar-refractivity contribution in [2.24, 2.45) is 0 Å². The van der Waals surface area contributed by atoms with E-state index < -0.39 is 5.76 Å². The molecular weight excluding hydrogens is 268 g/mol. The summed E-state index contributed by atoms with van der Waals surface area (Å²) in [4.78, 5) is 13.9. The maximum atomic E-state index is 11.2. The number of aromatic nitrogens is 1. The summed E-state index contributed by atoms with van der Waals surface area (Å²) in [7, 11) is 3.54. The van der Waals surface area contributed by atoms with Crippen LogP contribution in [0.1, 0.15) is 17.2 Å². The summed E-state index contributed by atoms with van der Waals surface area (Å²) >= 11 is 0. The lowest BCUT2D eigenvalue weighted by Gasteiger charge is -2.17. The zero-order valence-corrected chi connectivity index (χ0v) is 11.8. The Bertz CT molecular complexity index is 802. The molecule has 21 heavy (non-hydrogen) atoms. The maximum absolute atomic E-state index is 11.2. The van der Waals surface area contributed by atoms with E-state index in [1.807, 2.05) is 49.5 Å². The number of fused-ring (bicyclic) bond motifs is 1. The number of benzene rings is 2. The minimum Gasteiger partial charge on any atom is -0.497 e. The van der Waals surface area contributed by atoms with Gasteiger partial charge in [-0.25, -0.2) is 4.79 Å². The molecule has 0 aliphatic rings. The second kappa shape index (κ2) is 5.46. The number of nitrogens with one attached hydrogen (secondary N) is 2. The molecule has 2 N–H and O–H groups in total. The van der Waals surface area contributed by atoms with Gasteiger partial charge in [0.15, 0.2) is 5.58 Å². The van der Waals surface area contributed by atoms with Gasteiger partial charge in [-0.3, -0.25) is 4.98 Å². The first-order chi connectivity index (χ1) is 10.2. The average Bonchev–Trinajstić information content (AvgIpc) is 2.88. The SMILES string of the molecule is CNC(c1ccc(OC)cc1)c1ccc2[nH]c(=O)oc2c1. The fourth-order valence-corrected chi connectivity index (χ4v) is 2.46. The van der Waals surface area contributed by atoms with Crippen molar-refractivity contribution >= 4 is 11.1 Å². The van der Waals surface area contributed by atoms with Gasteiger partial charge in [-0.1, -0.05) is 18.2 Å². The van der Waals surface area contributed by atoms with Crippen molar-refractivity contribution in [2.45, 2.75) is 6.04 Å². The Morgan fingerprint density at radius 1 is 1.14 bits per heavy atom. The third kappa shape index (κ3) is 2.55. The molecule has 0 aliphatic heterocycles. The van der Waals surface area contributed by atoms with E-state index in [9.17, 15) is 4.79 Å². The highest BCUT2D eigenvalue weighted by Gasteiger charge is 2.13. The molecule has 0 saturated heterocycles. The van der Waals surface area contributed by atoms with Gasteiger partial charge in [0.1, 0.15) is 5.75 Å². The first-order valence-corrected chi connectivity index (χ1v) is 6.65. The molecule has 1 atom stereocenters. The quantitative estimate of drug-likeness (QED) is 0.772. The number of methoxy groups -OCH3 is 1. The number of H-pyrrole nitrogens is 1. The molecule has 0 spiro atoms. The van der Waals surface area contributed by atoms with Crippen LogP contribution in [0.15, 0.2) is 51.7 Å². The number of hydrogen-bond acceptors (Lipinski definition) is 4. The highest BCUT2D eigenvalue weighted by Crippen LogP contribution is 2.25. The Morgan fingerprint density at radius 3 is 2.52 bits per heavy atom. The Hall–Kier alpha value is -2.53. The van der Waals surface area contributed by atoms with Crippen LogP contribution in [0.2, 0.25) is 0 Å². The lowest BCUT2D eigenvalue weighted by molar-refractivity contribution is 0.414. The van der Waals surface area contributed by atoms with Crippen molar-refractivity contribution in [3.8, 4) is 5.75 Å². The summed E-state index contributed by atoms with van der Waals surface area (Å²) in [6, 6.07) is 13.6. The summed E-state index contributed by atoms with van der Waals surface area (Å²) in [5, 5.41) is 3.27. The summed E-state index contributed by atoms with van der Waals surface area (Å²) in [6.07, 6.45) is 0. The molecule has 0 fully saturated rings. The molecule has 0 aliphatic carbocycles. The topological polar surface area (TPSA) is 67.3 Å². The Labute approximate surface area is 121 Å². The highest BCUT2D eigenvalue weighted by molar-refractivity contribution is 5.73. The minimum atomic E-state index is -0.437. The van der Waals surface area contributed by atoms with E-state index in [2.05, 4.69) is 10.3 Å². The number of ether oxygens (including phenoxy) is 1. The monoisotopic (exact) mass is 284 g/mol. The molecule has 3 aromatic rings. The Morgan fingerprint density at radius 2 is 1.86 bits per heavy atom. The predicted molar refractivity (Wildman–Crippen MR) is 80.7 cm³/mol. The summed E-state index contributed by atoms with van der Waals surface area (Å²) < 4.78 is 10.3. The summed E-state index contributed by atoms with van der Waals surface area (Å²) in [5.74, 6) is 0.383. The third-order valence-electron chi connectivity index (χ3n) is 3.52. The second-order valence-electron chi connectivity index (χ2n) is 4.76. The third-order valence-corrected chi connectivity index (χ3v) is 3.52. The van der Waals surface area contributed by atoms with E-state index in [1.165, 1.54) is 0 Å². The van der Waals surface area contributed by atoms with Gasteiger partial charge in [-0.05, 0) is 42.4 Å². The van der Waals surface area contributed by atoms with Gasteiger partial charge >= 0.3 is 5.76 Å². The molecular formula is C16H16N2O3. The highest BCUT2D eigenvalue weighted by atomic mass is 16.5. The smallest absolute Gasteiger partial charge is 0.417 e. The lowest BCUT2D eigenvalue weighted by atomic mass is 9.98. The molecule has 5 nitrogen and oxygen atoms in total. The van der Waals surface area contributed by atoms with Gasteiger partial charge in [0.2, 0.25) is 0 Å². The molecule has 1 unspecified atom stereocenters. The molecule has 5 heteroatoms. The number of oxazole rings is 1. The first-order valence-electron chi connectivity index (χ1n) is 6.65. The largest absolute Gasteiger partial charge is 0.497 e. The molecule has 108 valence electrons. The van der Waals surface area contributed by atoms with E-state index in [0.717, 1.165) is 16.9 Å². The second-order valence-corrected chi connectivity index (χ2v) is 4.76. The van der Waals surface area contributed by atoms with Gasteiger partial charge in [0.05, 0.1) is 18.7 Å². The molecule has 0 radical (unpaired) electrons. The molecule has 1 heterocycles. The number of rotatable bonds is 4. The van der Waals surface area contributed by atoms with Gasteiger partial charge < -0.3 is 14.5 Å². The zero-order valence-electron chi connectivity index (χ0n) is 11.8. The van der Waals surface area contributed by atoms with Crippen molar-refractivity contribution in [3.63, 3.8) is 0 Å². The van der Waals surface area contributed by atoms with Crippen LogP contribution < -0.4 is 15.8 Å². The van der Waals surface area contributed by atoms with Crippen LogP contribution in [0.25, 0.3) is 11.1 Å². The lowest BCUT2D eigenvalue weighted by Crippen LogP contribution is -2.17. The van der Waals surface area contributed by atoms with Crippen molar-refractivity contribution in [1.82, 2.24) is 10.3 Å². The van der Waals surface area contributed by atoms with Crippen LogP contribution in [0.5, 0.6) is 5.75 Å². The summed E-state index contributed by atoms with van der Waals surface area (Å²) in [5.41, 5.74) is 3.40.